The van der Waals surface area contributed by atoms with Crippen LogP contribution >= 0.6 is 0 Å². The number of aryl methyl sites for hydroxylation is 1. The highest BCUT2D eigenvalue weighted by Gasteiger charge is 2.12. The van der Waals surface area contributed by atoms with Gasteiger partial charge in [-0.25, -0.2) is 0 Å². The number of rotatable bonds is 7. The van der Waals surface area contributed by atoms with Gasteiger partial charge in [-0.15, -0.1) is 0 Å². The molecule has 0 fully saturated rings. The van der Waals surface area contributed by atoms with E-state index in [1.54, 1.807) is 12.5 Å². The number of pyridine rings is 1. The number of aromatic nitrogens is 1. The lowest BCUT2D eigenvalue weighted by molar-refractivity contribution is 0.0954. The van der Waals surface area contributed by atoms with E-state index < -0.39 is 0 Å². The van der Waals surface area contributed by atoms with Crippen LogP contribution in [0.15, 0.2) is 35.1 Å². The first kappa shape index (κ1) is 15.1. The number of furan rings is 1. The predicted molar refractivity (Wildman–Crippen MR) is 82.5 cm³/mol. The van der Waals surface area contributed by atoms with E-state index in [4.69, 9.17) is 4.42 Å². The molecule has 0 aliphatic carbocycles. The van der Waals surface area contributed by atoms with Crippen molar-refractivity contribution in [1.82, 2.24) is 10.3 Å². The Kier molecular flexibility index (Phi) is 5.37. The van der Waals surface area contributed by atoms with Crippen LogP contribution in [-0.2, 0) is 6.42 Å². The third kappa shape index (κ3) is 4.34. The Morgan fingerprint density at radius 2 is 2.24 bits per heavy atom. The molecule has 0 unspecified atom stereocenters. The minimum absolute atomic E-state index is 0.118. The molecule has 2 aromatic rings. The molecule has 2 heterocycles. The zero-order chi connectivity index (χ0) is 15.1. The fourth-order valence-electron chi connectivity index (χ4n) is 2.00. The highest BCUT2D eigenvalue weighted by molar-refractivity contribution is 5.99. The summed E-state index contributed by atoms with van der Waals surface area (Å²) in [5, 5.41) is 6.16. The van der Waals surface area contributed by atoms with Crippen molar-refractivity contribution >= 4 is 11.6 Å². The molecule has 2 aromatic heterocycles. The predicted octanol–water partition coefficient (Wildman–Crippen LogP) is 2.78. The zero-order valence-electron chi connectivity index (χ0n) is 12.5. The third-order valence-electron chi connectivity index (χ3n) is 3.09. The van der Waals surface area contributed by atoms with Gasteiger partial charge in [0.25, 0.3) is 5.91 Å². The first-order chi connectivity index (χ1) is 10.2. The lowest BCUT2D eigenvalue weighted by Gasteiger charge is -2.12. The van der Waals surface area contributed by atoms with Gasteiger partial charge in [0.05, 0.1) is 17.5 Å². The maximum atomic E-state index is 12.2. The molecule has 2 N–H and O–H groups in total. The summed E-state index contributed by atoms with van der Waals surface area (Å²) in [4.78, 5) is 16.5. The molecule has 0 aliphatic rings. The monoisotopic (exact) mass is 287 g/mol. The number of anilines is 1. The van der Waals surface area contributed by atoms with Crippen LogP contribution in [-0.4, -0.2) is 24.0 Å². The van der Waals surface area contributed by atoms with E-state index in [0.29, 0.717) is 18.5 Å². The van der Waals surface area contributed by atoms with E-state index in [1.807, 2.05) is 25.1 Å². The van der Waals surface area contributed by atoms with E-state index >= 15 is 0 Å². The Morgan fingerprint density at radius 1 is 1.38 bits per heavy atom. The van der Waals surface area contributed by atoms with Crippen molar-refractivity contribution in [3.63, 3.8) is 0 Å². The first-order valence-electron chi connectivity index (χ1n) is 7.21. The van der Waals surface area contributed by atoms with Crippen LogP contribution in [0.5, 0.6) is 0 Å². The Bertz CT molecular complexity index is 579. The summed E-state index contributed by atoms with van der Waals surface area (Å²) < 4.78 is 5.24. The normalized spacial score (nSPS) is 10.4. The van der Waals surface area contributed by atoms with Crippen molar-refractivity contribution in [3.05, 3.63) is 47.7 Å². The number of hydrogen-bond acceptors (Lipinski definition) is 4. The minimum atomic E-state index is -0.118. The van der Waals surface area contributed by atoms with Crippen LogP contribution in [0.3, 0.4) is 0 Å². The smallest absolute Gasteiger partial charge is 0.254 e. The van der Waals surface area contributed by atoms with Gasteiger partial charge < -0.3 is 15.1 Å². The molecule has 21 heavy (non-hydrogen) atoms. The van der Waals surface area contributed by atoms with Gasteiger partial charge in [-0.1, -0.05) is 6.92 Å². The fourth-order valence-corrected chi connectivity index (χ4v) is 2.00. The van der Waals surface area contributed by atoms with Crippen molar-refractivity contribution in [3.8, 4) is 0 Å². The summed E-state index contributed by atoms with van der Waals surface area (Å²) >= 11 is 0. The fraction of sp³-hybridized carbons (Fsp3) is 0.375. The van der Waals surface area contributed by atoms with Crippen molar-refractivity contribution in [1.29, 1.82) is 0 Å². The van der Waals surface area contributed by atoms with Gasteiger partial charge in [0.2, 0.25) is 0 Å². The molecule has 0 aliphatic heterocycles. The van der Waals surface area contributed by atoms with Crippen LogP contribution in [0.4, 0.5) is 5.69 Å². The van der Waals surface area contributed by atoms with E-state index in [1.165, 1.54) is 0 Å². The zero-order valence-corrected chi connectivity index (χ0v) is 12.5. The molecular formula is C16H21N3O2. The molecule has 5 heteroatoms. The number of hydrogen-bond donors (Lipinski definition) is 2. The quantitative estimate of drug-likeness (QED) is 0.821. The largest absolute Gasteiger partial charge is 0.469 e. The van der Waals surface area contributed by atoms with E-state index in [2.05, 4.69) is 22.5 Å². The number of carbonyl (C=O) groups is 1. The molecule has 5 nitrogen and oxygen atoms in total. The summed E-state index contributed by atoms with van der Waals surface area (Å²) in [7, 11) is 0. The van der Waals surface area contributed by atoms with Crippen molar-refractivity contribution in [2.45, 2.75) is 26.7 Å². The van der Waals surface area contributed by atoms with Crippen LogP contribution in [0.2, 0.25) is 0 Å². The SMILES string of the molecule is CCCNc1cc(C)ncc1C(=O)NCCc1ccco1. The van der Waals surface area contributed by atoms with Crippen LogP contribution in [0, 0.1) is 6.92 Å². The van der Waals surface area contributed by atoms with Crippen LogP contribution in [0.25, 0.3) is 0 Å². The van der Waals surface area contributed by atoms with Gasteiger partial charge in [-0.2, -0.15) is 0 Å². The number of carbonyl (C=O) groups excluding carboxylic acids is 1. The first-order valence-corrected chi connectivity index (χ1v) is 7.21. The molecule has 2 rings (SSSR count). The molecule has 0 radical (unpaired) electrons. The van der Waals surface area contributed by atoms with E-state index in [9.17, 15) is 4.79 Å². The van der Waals surface area contributed by atoms with Crippen molar-refractivity contribution in [2.24, 2.45) is 0 Å². The summed E-state index contributed by atoms with van der Waals surface area (Å²) in [5.41, 5.74) is 2.30. The summed E-state index contributed by atoms with van der Waals surface area (Å²) in [6.45, 7) is 5.36. The number of nitrogens with zero attached hydrogens (tertiary/aromatic N) is 1. The average Bonchev–Trinajstić information content (AvgIpc) is 2.98. The second-order valence-corrected chi connectivity index (χ2v) is 4.88. The molecule has 0 aromatic carbocycles. The van der Waals surface area contributed by atoms with Crippen molar-refractivity contribution < 1.29 is 9.21 Å². The Balaban J connectivity index is 1.97. The molecule has 0 bridgehead atoms. The van der Waals surface area contributed by atoms with Gasteiger partial charge >= 0.3 is 0 Å². The molecule has 112 valence electrons. The second-order valence-electron chi connectivity index (χ2n) is 4.88. The molecular weight excluding hydrogens is 266 g/mol. The third-order valence-corrected chi connectivity index (χ3v) is 3.09. The Labute approximate surface area is 124 Å². The highest BCUT2D eigenvalue weighted by atomic mass is 16.3. The van der Waals surface area contributed by atoms with Gasteiger partial charge in [0, 0.05) is 31.4 Å². The second kappa shape index (κ2) is 7.47. The van der Waals surface area contributed by atoms with E-state index in [0.717, 1.165) is 30.1 Å². The maximum Gasteiger partial charge on any atom is 0.254 e. The summed E-state index contributed by atoms with van der Waals surface area (Å²) in [5.74, 6) is 0.745. The summed E-state index contributed by atoms with van der Waals surface area (Å²) in [6.07, 6.45) is 4.93. The van der Waals surface area contributed by atoms with Crippen LogP contribution < -0.4 is 10.6 Å². The average molecular weight is 287 g/mol. The topological polar surface area (TPSA) is 67.2 Å². The number of nitrogens with one attached hydrogen (secondary N) is 2. The maximum absolute atomic E-state index is 12.2. The minimum Gasteiger partial charge on any atom is -0.469 e. The number of amides is 1. The molecule has 0 saturated carbocycles. The van der Waals surface area contributed by atoms with Gasteiger partial charge in [0.15, 0.2) is 0 Å². The van der Waals surface area contributed by atoms with Gasteiger partial charge in [0.1, 0.15) is 5.76 Å². The lowest BCUT2D eigenvalue weighted by Crippen LogP contribution is -2.26. The Hall–Kier alpha value is -2.30. The lowest BCUT2D eigenvalue weighted by atomic mass is 10.2. The van der Waals surface area contributed by atoms with Crippen LogP contribution in [0.1, 0.15) is 35.2 Å². The highest BCUT2D eigenvalue weighted by Crippen LogP contribution is 2.15. The van der Waals surface area contributed by atoms with E-state index in [-0.39, 0.29) is 5.91 Å². The summed E-state index contributed by atoms with van der Waals surface area (Å²) in [6, 6.07) is 5.64. The van der Waals surface area contributed by atoms with Crippen molar-refractivity contribution in [2.75, 3.05) is 18.4 Å². The Morgan fingerprint density at radius 3 is 2.95 bits per heavy atom. The molecule has 0 saturated heterocycles. The molecule has 0 spiro atoms. The standard InChI is InChI=1S/C16H21N3O2/c1-3-7-17-15-10-12(2)19-11-14(15)16(20)18-8-6-13-5-4-9-21-13/h4-5,9-11H,3,6-8H2,1-2H3,(H,17,19)(H,18,20). The van der Waals surface area contributed by atoms with Gasteiger partial charge in [-0.3, -0.25) is 9.78 Å². The molecule has 0 atom stereocenters. The molecule has 1 amide bonds. The van der Waals surface area contributed by atoms with Gasteiger partial charge in [-0.05, 0) is 31.5 Å².